The van der Waals surface area contributed by atoms with Crippen LogP contribution >= 0.6 is 34.5 Å². The van der Waals surface area contributed by atoms with Crippen LogP contribution in [0, 0.1) is 0 Å². The zero-order chi connectivity index (χ0) is 24.5. The molecule has 2 amide bonds. The highest BCUT2D eigenvalue weighted by Gasteiger charge is 2.18. The van der Waals surface area contributed by atoms with Gasteiger partial charge in [-0.15, -0.1) is 11.3 Å². The second-order valence-electron chi connectivity index (χ2n) is 7.63. The molecule has 0 fully saturated rings. The molecule has 5 rings (SSSR count). The largest absolute Gasteiger partial charge is 0.454 e. The standard InChI is InChI=1S/C25H17Cl2N3O4S/c1-13(29-30-25(32)23-22(27)18-7-6-16(26)11-21(18)35-23)14-3-2-4-17(9-14)28-24(31)15-5-8-19-20(10-15)34-12-33-19/h2-11H,12H2,1H3,(H,28,31)(H,30,32)/b29-13+. The predicted molar refractivity (Wildman–Crippen MR) is 138 cm³/mol. The highest BCUT2D eigenvalue weighted by atomic mass is 35.5. The van der Waals surface area contributed by atoms with Gasteiger partial charge in [-0.25, -0.2) is 5.43 Å². The van der Waals surface area contributed by atoms with Crippen LogP contribution in [0.5, 0.6) is 11.5 Å². The third-order valence-electron chi connectivity index (χ3n) is 5.30. The molecule has 4 aromatic rings. The summed E-state index contributed by atoms with van der Waals surface area (Å²) in [5, 5.41) is 8.77. The number of carbonyl (C=O) groups excluding carboxylic acids is 2. The first-order valence-electron chi connectivity index (χ1n) is 10.4. The van der Waals surface area contributed by atoms with Crippen LogP contribution in [0.15, 0.2) is 65.8 Å². The van der Waals surface area contributed by atoms with Gasteiger partial charge in [-0.05, 0) is 55.0 Å². The maximum Gasteiger partial charge on any atom is 0.283 e. The van der Waals surface area contributed by atoms with Gasteiger partial charge in [0.25, 0.3) is 11.8 Å². The Kier molecular flexibility index (Phi) is 6.34. The summed E-state index contributed by atoms with van der Waals surface area (Å²) >= 11 is 13.7. The number of thiophene rings is 1. The zero-order valence-corrected chi connectivity index (χ0v) is 20.6. The van der Waals surface area contributed by atoms with Gasteiger partial charge in [0.2, 0.25) is 6.79 Å². The van der Waals surface area contributed by atoms with Gasteiger partial charge in [-0.1, -0.05) is 41.4 Å². The Hall–Kier alpha value is -3.59. The lowest BCUT2D eigenvalue weighted by molar-refractivity contribution is 0.0958. The zero-order valence-electron chi connectivity index (χ0n) is 18.2. The number of anilines is 1. The van der Waals surface area contributed by atoms with E-state index in [2.05, 4.69) is 15.8 Å². The first-order chi connectivity index (χ1) is 16.9. The molecule has 0 aliphatic carbocycles. The van der Waals surface area contributed by atoms with Gasteiger partial charge in [0.15, 0.2) is 11.5 Å². The number of hydrazone groups is 1. The maximum absolute atomic E-state index is 12.7. The fraction of sp³-hybridized carbons (Fsp3) is 0.0800. The van der Waals surface area contributed by atoms with E-state index >= 15 is 0 Å². The Bertz CT molecular complexity index is 1520. The third-order valence-corrected chi connectivity index (χ3v) is 7.19. The molecule has 0 atom stereocenters. The van der Waals surface area contributed by atoms with E-state index in [0.29, 0.717) is 43.4 Å². The SMILES string of the molecule is C/C(=N\NC(=O)c1sc2cc(Cl)ccc2c1Cl)c1cccc(NC(=O)c2ccc3c(c2)OCO3)c1. The molecule has 1 aliphatic rings. The van der Waals surface area contributed by atoms with Gasteiger partial charge in [-0.2, -0.15) is 5.10 Å². The number of ether oxygens (including phenoxy) is 2. The van der Waals surface area contributed by atoms with Crippen LogP contribution in [0.3, 0.4) is 0 Å². The summed E-state index contributed by atoms with van der Waals surface area (Å²) < 4.78 is 11.4. The lowest BCUT2D eigenvalue weighted by atomic mass is 10.1. The minimum absolute atomic E-state index is 0.140. The van der Waals surface area contributed by atoms with Gasteiger partial charge < -0.3 is 14.8 Å². The van der Waals surface area contributed by atoms with Crippen LogP contribution in [0.25, 0.3) is 10.1 Å². The Morgan fingerprint density at radius 2 is 1.77 bits per heavy atom. The Balaban J connectivity index is 1.29. The molecule has 1 aliphatic heterocycles. The van der Waals surface area contributed by atoms with Crippen molar-refractivity contribution in [1.29, 1.82) is 0 Å². The van der Waals surface area contributed by atoms with Crippen LogP contribution in [0.4, 0.5) is 5.69 Å². The topological polar surface area (TPSA) is 89.0 Å². The molecule has 2 N–H and O–H groups in total. The summed E-state index contributed by atoms with van der Waals surface area (Å²) in [4.78, 5) is 25.7. The fourth-order valence-corrected chi connectivity index (χ4v) is 5.18. The van der Waals surface area contributed by atoms with E-state index < -0.39 is 5.91 Å². The van der Waals surface area contributed by atoms with E-state index in [1.165, 1.54) is 11.3 Å². The number of nitrogens with one attached hydrogen (secondary N) is 2. The minimum Gasteiger partial charge on any atom is -0.454 e. The predicted octanol–water partition coefficient (Wildman–Crippen LogP) is 6.34. The van der Waals surface area contributed by atoms with Crippen molar-refractivity contribution in [2.45, 2.75) is 6.92 Å². The summed E-state index contributed by atoms with van der Waals surface area (Å²) in [5.74, 6) is 0.437. The molecule has 2 heterocycles. The van der Waals surface area contributed by atoms with Gasteiger partial charge >= 0.3 is 0 Å². The average Bonchev–Trinajstić information content (AvgIpc) is 3.46. The Morgan fingerprint density at radius 1 is 0.943 bits per heavy atom. The third kappa shape index (κ3) is 4.81. The van der Waals surface area contributed by atoms with Crippen LogP contribution < -0.4 is 20.2 Å². The Morgan fingerprint density at radius 3 is 2.63 bits per heavy atom. The van der Waals surface area contributed by atoms with E-state index in [1.54, 1.807) is 61.5 Å². The molecule has 0 unspecified atom stereocenters. The monoisotopic (exact) mass is 525 g/mol. The van der Waals surface area contributed by atoms with Crippen molar-refractivity contribution in [1.82, 2.24) is 5.43 Å². The number of amides is 2. The van der Waals surface area contributed by atoms with E-state index in [9.17, 15) is 9.59 Å². The number of hydrogen-bond acceptors (Lipinski definition) is 6. The molecule has 1 aromatic heterocycles. The fourth-order valence-electron chi connectivity index (χ4n) is 3.50. The molecule has 35 heavy (non-hydrogen) atoms. The first-order valence-corrected chi connectivity index (χ1v) is 12.0. The Labute approximate surface area is 214 Å². The highest BCUT2D eigenvalue weighted by Crippen LogP contribution is 2.36. The summed E-state index contributed by atoms with van der Waals surface area (Å²) in [6, 6.07) is 17.4. The minimum atomic E-state index is -0.418. The van der Waals surface area contributed by atoms with Crippen molar-refractivity contribution in [2.75, 3.05) is 12.1 Å². The van der Waals surface area contributed by atoms with E-state index in [4.69, 9.17) is 32.7 Å². The molecule has 0 saturated carbocycles. The molecule has 0 radical (unpaired) electrons. The van der Waals surface area contributed by atoms with Crippen LogP contribution in [0.1, 0.15) is 32.5 Å². The first kappa shape index (κ1) is 23.2. The number of benzene rings is 3. The van der Waals surface area contributed by atoms with Crippen LogP contribution in [-0.2, 0) is 0 Å². The lowest BCUT2D eigenvalue weighted by Crippen LogP contribution is -2.18. The number of rotatable bonds is 5. The molecular weight excluding hydrogens is 509 g/mol. The van der Waals surface area contributed by atoms with Crippen molar-refractivity contribution in [3.63, 3.8) is 0 Å². The molecule has 7 nitrogen and oxygen atoms in total. The molecule has 10 heteroatoms. The van der Waals surface area contributed by atoms with Gasteiger partial charge in [0, 0.05) is 26.4 Å². The van der Waals surface area contributed by atoms with Crippen molar-refractivity contribution >= 4 is 67.8 Å². The summed E-state index contributed by atoms with van der Waals surface area (Å²) in [7, 11) is 0. The van der Waals surface area contributed by atoms with Gasteiger partial charge in [-0.3, -0.25) is 9.59 Å². The van der Waals surface area contributed by atoms with E-state index in [0.717, 1.165) is 15.6 Å². The number of carbonyl (C=O) groups is 2. The van der Waals surface area contributed by atoms with Gasteiger partial charge in [0.1, 0.15) is 4.88 Å². The smallest absolute Gasteiger partial charge is 0.283 e. The number of hydrogen-bond donors (Lipinski definition) is 2. The molecule has 3 aromatic carbocycles. The molecular formula is C25H17Cl2N3O4S. The van der Waals surface area contributed by atoms with Gasteiger partial charge in [0.05, 0.1) is 10.7 Å². The van der Waals surface area contributed by atoms with Crippen molar-refractivity contribution < 1.29 is 19.1 Å². The summed E-state index contributed by atoms with van der Waals surface area (Å²) in [6.07, 6.45) is 0. The van der Waals surface area contributed by atoms with Crippen molar-refractivity contribution in [3.05, 3.63) is 86.7 Å². The van der Waals surface area contributed by atoms with E-state index in [-0.39, 0.29) is 12.7 Å². The maximum atomic E-state index is 12.7. The molecule has 0 spiro atoms. The molecule has 0 bridgehead atoms. The van der Waals surface area contributed by atoms with Crippen LogP contribution in [-0.4, -0.2) is 24.3 Å². The second-order valence-corrected chi connectivity index (χ2v) is 9.49. The number of halogens is 2. The van der Waals surface area contributed by atoms with E-state index in [1.807, 2.05) is 6.07 Å². The van der Waals surface area contributed by atoms with Crippen molar-refractivity contribution in [3.8, 4) is 11.5 Å². The average molecular weight is 526 g/mol. The number of fused-ring (bicyclic) bond motifs is 2. The quantitative estimate of drug-likeness (QED) is 0.235. The normalized spacial score (nSPS) is 12.6. The number of nitrogens with zero attached hydrogens (tertiary/aromatic N) is 1. The van der Waals surface area contributed by atoms with Crippen LogP contribution in [0.2, 0.25) is 10.0 Å². The lowest BCUT2D eigenvalue weighted by Gasteiger charge is -2.08. The summed E-state index contributed by atoms with van der Waals surface area (Å²) in [5.41, 5.74) is 4.85. The highest BCUT2D eigenvalue weighted by molar-refractivity contribution is 7.21. The molecule has 176 valence electrons. The molecule has 0 saturated heterocycles. The second kappa shape index (κ2) is 9.58. The summed E-state index contributed by atoms with van der Waals surface area (Å²) in [6.45, 7) is 1.90. The van der Waals surface area contributed by atoms with Crippen molar-refractivity contribution in [2.24, 2.45) is 5.10 Å².